The maximum Gasteiger partial charge on any atom is 0.331 e. The van der Waals surface area contributed by atoms with Gasteiger partial charge >= 0.3 is 11.9 Å². The first-order valence-corrected chi connectivity index (χ1v) is 6.38. The lowest BCUT2D eigenvalue weighted by atomic mass is 9.80. The molecular weight excluding hydrogens is 248 g/mol. The molecule has 0 bridgehead atoms. The summed E-state index contributed by atoms with van der Waals surface area (Å²) >= 11 is 0. The minimum absolute atomic E-state index is 0.0359. The fourth-order valence-electron chi connectivity index (χ4n) is 2.09. The van der Waals surface area contributed by atoms with Crippen molar-refractivity contribution in [1.82, 2.24) is 0 Å². The molecule has 0 aromatic rings. The van der Waals surface area contributed by atoms with Gasteiger partial charge in [0.2, 0.25) is 0 Å². The number of carbonyl (C=O) groups is 2. The minimum atomic E-state index is -1.08. The highest BCUT2D eigenvalue weighted by Crippen LogP contribution is 2.31. The summed E-state index contributed by atoms with van der Waals surface area (Å²) in [6, 6.07) is 0. The van der Waals surface area contributed by atoms with Gasteiger partial charge in [-0.05, 0) is 26.2 Å². The average molecular weight is 268 g/mol. The van der Waals surface area contributed by atoms with E-state index in [1.54, 1.807) is 0 Å². The molecule has 1 saturated carbocycles. The summed E-state index contributed by atoms with van der Waals surface area (Å²) in [6.07, 6.45) is 9.04. The van der Waals surface area contributed by atoms with Crippen molar-refractivity contribution in [2.24, 2.45) is 5.41 Å². The summed E-state index contributed by atoms with van der Waals surface area (Å²) in [7, 11) is 0. The predicted molar refractivity (Wildman–Crippen MR) is 69.7 cm³/mol. The standard InChI is InChI=1S/C9H10O4.C5H10O/c1-9(8(12)13)4-2-3-6(5-9)7(10)11;6-5-3-1-2-4-5/h2-4H,5H2,1H3,(H,10,11)(H,12,13);5-6H,1-4H2. The molecule has 0 spiro atoms. The molecule has 5 nitrogen and oxygen atoms in total. The van der Waals surface area contributed by atoms with Gasteiger partial charge in [-0.1, -0.05) is 31.1 Å². The second kappa shape index (κ2) is 6.52. The third-order valence-electron chi connectivity index (χ3n) is 3.41. The SMILES string of the molecule is CC1(C(=O)O)C=CC=C(C(=O)O)C1.OC1CCCC1. The molecule has 1 fully saturated rings. The summed E-state index contributed by atoms with van der Waals surface area (Å²) in [5.41, 5.74) is -0.949. The minimum Gasteiger partial charge on any atom is -0.481 e. The molecular formula is C14H20O5. The quantitative estimate of drug-likeness (QED) is 0.711. The monoisotopic (exact) mass is 268 g/mol. The molecule has 1 unspecified atom stereocenters. The van der Waals surface area contributed by atoms with E-state index in [1.807, 2.05) is 0 Å². The van der Waals surface area contributed by atoms with Crippen LogP contribution in [-0.4, -0.2) is 33.4 Å². The van der Waals surface area contributed by atoms with Crippen LogP contribution in [0.5, 0.6) is 0 Å². The molecule has 0 aromatic carbocycles. The molecule has 2 aliphatic carbocycles. The molecule has 5 heteroatoms. The van der Waals surface area contributed by atoms with Crippen LogP contribution < -0.4 is 0 Å². The highest BCUT2D eigenvalue weighted by Gasteiger charge is 2.34. The van der Waals surface area contributed by atoms with Crippen molar-refractivity contribution in [2.45, 2.75) is 45.1 Å². The van der Waals surface area contributed by atoms with Crippen LogP contribution in [0.4, 0.5) is 0 Å². The number of aliphatic hydroxyl groups excluding tert-OH is 1. The van der Waals surface area contributed by atoms with Crippen LogP contribution in [-0.2, 0) is 9.59 Å². The molecule has 0 heterocycles. The number of hydrogen-bond donors (Lipinski definition) is 3. The number of carboxylic acids is 2. The number of aliphatic hydroxyl groups is 1. The Kier molecular flexibility index (Phi) is 5.30. The van der Waals surface area contributed by atoms with E-state index >= 15 is 0 Å². The van der Waals surface area contributed by atoms with Gasteiger partial charge in [-0.15, -0.1) is 0 Å². The molecule has 0 amide bonds. The zero-order valence-corrected chi connectivity index (χ0v) is 11.0. The van der Waals surface area contributed by atoms with Gasteiger partial charge in [-0.3, -0.25) is 4.79 Å². The summed E-state index contributed by atoms with van der Waals surface area (Å²) < 4.78 is 0. The maximum absolute atomic E-state index is 10.8. The van der Waals surface area contributed by atoms with E-state index in [-0.39, 0.29) is 18.1 Å². The molecule has 19 heavy (non-hydrogen) atoms. The van der Waals surface area contributed by atoms with Crippen molar-refractivity contribution in [1.29, 1.82) is 0 Å². The topological polar surface area (TPSA) is 94.8 Å². The Hall–Kier alpha value is -1.62. The van der Waals surface area contributed by atoms with Crippen LogP contribution in [0, 0.1) is 5.41 Å². The molecule has 3 N–H and O–H groups in total. The normalized spacial score (nSPS) is 26.3. The fraction of sp³-hybridized carbons (Fsp3) is 0.571. The Balaban J connectivity index is 0.000000250. The lowest BCUT2D eigenvalue weighted by molar-refractivity contribution is -0.145. The second-order valence-electron chi connectivity index (χ2n) is 5.19. The fourth-order valence-corrected chi connectivity index (χ4v) is 2.09. The summed E-state index contributed by atoms with van der Waals surface area (Å²) in [6.45, 7) is 1.50. The highest BCUT2D eigenvalue weighted by atomic mass is 16.4. The third kappa shape index (κ3) is 4.52. The molecule has 0 radical (unpaired) electrons. The zero-order chi connectivity index (χ0) is 14.5. The van der Waals surface area contributed by atoms with Gasteiger partial charge < -0.3 is 15.3 Å². The van der Waals surface area contributed by atoms with Crippen LogP contribution in [0.1, 0.15) is 39.0 Å². The van der Waals surface area contributed by atoms with Crippen molar-refractivity contribution >= 4 is 11.9 Å². The molecule has 1 atom stereocenters. The lowest BCUT2D eigenvalue weighted by Crippen LogP contribution is -2.28. The third-order valence-corrected chi connectivity index (χ3v) is 3.41. The van der Waals surface area contributed by atoms with Crippen molar-refractivity contribution in [3.8, 4) is 0 Å². The molecule has 2 aliphatic rings. The van der Waals surface area contributed by atoms with Gasteiger partial charge in [0.15, 0.2) is 0 Å². The van der Waals surface area contributed by atoms with Crippen LogP contribution in [0.2, 0.25) is 0 Å². The van der Waals surface area contributed by atoms with Gasteiger partial charge in [-0.25, -0.2) is 4.79 Å². The Morgan fingerprint density at radius 2 is 1.84 bits per heavy atom. The first kappa shape index (κ1) is 15.4. The van der Waals surface area contributed by atoms with E-state index in [4.69, 9.17) is 15.3 Å². The zero-order valence-electron chi connectivity index (χ0n) is 11.0. The first-order chi connectivity index (χ1) is 8.85. The van der Waals surface area contributed by atoms with Crippen LogP contribution >= 0.6 is 0 Å². The molecule has 0 aromatic heterocycles. The molecule has 106 valence electrons. The Morgan fingerprint density at radius 1 is 1.26 bits per heavy atom. The smallest absolute Gasteiger partial charge is 0.331 e. The van der Waals surface area contributed by atoms with Crippen molar-refractivity contribution in [3.05, 3.63) is 23.8 Å². The van der Waals surface area contributed by atoms with Crippen molar-refractivity contribution in [3.63, 3.8) is 0 Å². The van der Waals surface area contributed by atoms with Crippen molar-refractivity contribution < 1.29 is 24.9 Å². The molecule has 0 saturated heterocycles. The van der Waals surface area contributed by atoms with Crippen LogP contribution in [0.25, 0.3) is 0 Å². The molecule has 2 rings (SSSR count). The van der Waals surface area contributed by atoms with Gasteiger partial charge in [0.25, 0.3) is 0 Å². The summed E-state index contributed by atoms with van der Waals surface area (Å²) in [5.74, 6) is -2.06. The summed E-state index contributed by atoms with van der Waals surface area (Å²) in [4.78, 5) is 21.3. The number of hydrogen-bond acceptors (Lipinski definition) is 3. The van der Waals surface area contributed by atoms with Gasteiger partial charge in [0.1, 0.15) is 0 Å². The first-order valence-electron chi connectivity index (χ1n) is 6.38. The lowest BCUT2D eigenvalue weighted by Gasteiger charge is -2.23. The van der Waals surface area contributed by atoms with E-state index in [0.717, 1.165) is 12.8 Å². The van der Waals surface area contributed by atoms with E-state index < -0.39 is 17.4 Å². The Bertz CT molecular complexity index is 404. The van der Waals surface area contributed by atoms with E-state index in [2.05, 4.69) is 0 Å². The number of allylic oxidation sites excluding steroid dienone is 2. The Morgan fingerprint density at radius 3 is 2.21 bits per heavy atom. The maximum atomic E-state index is 10.8. The predicted octanol–water partition coefficient (Wildman–Crippen LogP) is 1.97. The van der Waals surface area contributed by atoms with Crippen LogP contribution in [0.3, 0.4) is 0 Å². The largest absolute Gasteiger partial charge is 0.481 e. The molecule has 0 aliphatic heterocycles. The second-order valence-corrected chi connectivity index (χ2v) is 5.19. The van der Waals surface area contributed by atoms with Crippen LogP contribution in [0.15, 0.2) is 23.8 Å². The number of carboxylic acid groups (broad SMARTS) is 2. The van der Waals surface area contributed by atoms with E-state index in [9.17, 15) is 9.59 Å². The number of rotatable bonds is 2. The highest BCUT2D eigenvalue weighted by molar-refractivity contribution is 5.90. The van der Waals surface area contributed by atoms with Gasteiger partial charge in [-0.2, -0.15) is 0 Å². The van der Waals surface area contributed by atoms with Gasteiger partial charge in [0, 0.05) is 5.57 Å². The number of aliphatic carboxylic acids is 2. The Labute approximate surface area is 112 Å². The van der Waals surface area contributed by atoms with E-state index in [0.29, 0.717) is 0 Å². The van der Waals surface area contributed by atoms with Gasteiger partial charge in [0.05, 0.1) is 11.5 Å². The van der Waals surface area contributed by atoms with E-state index in [1.165, 1.54) is 38.0 Å². The van der Waals surface area contributed by atoms with Crippen molar-refractivity contribution in [2.75, 3.05) is 0 Å². The average Bonchev–Trinajstić information content (AvgIpc) is 2.81. The summed E-state index contributed by atoms with van der Waals surface area (Å²) in [5, 5.41) is 26.2.